The summed E-state index contributed by atoms with van der Waals surface area (Å²) in [5.41, 5.74) is 6.35. The van der Waals surface area contributed by atoms with Crippen molar-refractivity contribution >= 4 is 40.2 Å². The monoisotopic (exact) mass is 270 g/mol. The number of halogens is 2. The van der Waals surface area contributed by atoms with Gasteiger partial charge in [0.15, 0.2) is 0 Å². The molecule has 1 aromatic carbocycles. The number of rotatable bonds is 2. The van der Waals surface area contributed by atoms with E-state index in [1.54, 1.807) is 11.4 Å². The standard InChI is InChI=1S/C11H8ClFN2OS/c12-7-2-1-6(5-8(7)13)15-11(16)10-9(14)3-4-17-10/h1-5H,14H2,(H,15,16). The van der Waals surface area contributed by atoms with Crippen molar-refractivity contribution in [2.45, 2.75) is 0 Å². The van der Waals surface area contributed by atoms with Gasteiger partial charge in [-0.15, -0.1) is 11.3 Å². The van der Waals surface area contributed by atoms with Gasteiger partial charge in [0.05, 0.1) is 10.7 Å². The molecule has 0 aliphatic carbocycles. The second-order valence-corrected chi connectivity index (χ2v) is 4.61. The second kappa shape index (κ2) is 4.73. The summed E-state index contributed by atoms with van der Waals surface area (Å²) in [4.78, 5) is 12.2. The quantitative estimate of drug-likeness (QED) is 0.879. The first kappa shape index (κ1) is 11.9. The molecule has 0 unspecified atom stereocenters. The maximum Gasteiger partial charge on any atom is 0.267 e. The van der Waals surface area contributed by atoms with Crippen LogP contribution in [0.2, 0.25) is 5.02 Å². The molecule has 1 aromatic heterocycles. The van der Waals surface area contributed by atoms with Gasteiger partial charge in [-0.1, -0.05) is 11.6 Å². The molecule has 0 radical (unpaired) electrons. The minimum Gasteiger partial charge on any atom is -0.397 e. The number of nitrogen functional groups attached to an aromatic ring is 1. The lowest BCUT2D eigenvalue weighted by Gasteiger charge is -2.05. The van der Waals surface area contributed by atoms with E-state index in [1.165, 1.54) is 23.5 Å². The van der Waals surface area contributed by atoms with Gasteiger partial charge in [0.1, 0.15) is 10.7 Å². The lowest BCUT2D eigenvalue weighted by atomic mass is 10.3. The molecule has 88 valence electrons. The van der Waals surface area contributed by atoms with Crippen molar-refractivity contribution in [2.75, 3.05) is 11.1 Å². The first-order valence-electron chi connectivity index (χ1n) is 4.67. The summed E-state index contributed by atoms with van der Waals surface area (Å²) >= 11 is 6.76. The maximum atomic E-state index is 13.1. The van der Waals surface area contributed by atoms with Gasteiger partial charge < -0.3 is 11.1 Å². The minimum atomic E-state index is -0.580. The average Bonchev–Trinajstić information content (AvgIpc) is 2.70. The van der Waals surface area contributed by atoms with Crippen LogP contribution >= 0.6 is 22.9 Å². The van der Waals surface area contributed by atoms with Gasteiger partial charge in [-0.3, -0.25) is 4.79 Å². The summed E-state index contributed by atoms with van der Waals surface area (Å²) in [5.74, 6) is -0.942. The lowest BCUT2D eigenvalue weighted by molar-refractivity contribution is 0.103. The van der Waals surface area contributed by atoms with Crippen LogP contribution in [0.3, 0.4) is 0 Å². The van der Waals surface area contributed by atoms with Crippen molar-refractivity contribution in [1.82, 2.24) is 0 Å². The number of benzene rings is 1. The largest absolute Gasteiger partial charge is 0.397 e. The highest BCUT2D eigenvalue weighted by Crippen LogP contribution is 2.22. The fourth-order valence-corrected chi connectivity index (χ4v) is 2.10. The normalized spacial score (nSPS) is 10.2. The third-order valence-corrected chi connectivity index (χ3v) is 3.31. The van der Waals surface area contributed by atoms with Crippen LogP contribution in [0.25, 0.3) is 0 Å². The number of amides is 1. The maximum absolute atomic E-state index is 13.1. The molecule has 0 saturated carbocycles. The van der Waals surface area contributed by atoms with Crippen LogP contribution in [0.5, 0.6) is 0 Å². The Morgan fingerprint density at radius 3 is 2.76 bits per heavy atom. The molecule has 0 saturated heterocycles. The number of nitrogens with one attached hydrogen (secondary N) is 1. The van der Waals surface area contributed by atoms with E-state index in [2.05, 4.69) is 5.32 Å². The predicted octanol–water partition coefficient (Wildman–Crippen LogP) is 3.38. The Labute approximate surface area is 106 Å². The number of carbonyl (C=O) groups is 1. The SMILES string of the molecule is Nc1ccsc1C(=O)Nc1ccc(Cl)c(F)c1. The van der Waals surface area contributed by atoms with E-state index in [0.29, 0.717) is 16.3 Å². The molecule has 3 N–H and O–H groups in total. The van der Waals surface area contributed by atoms with Crippen LogP contribution < -0.4 is 11.1 Å². The van der Waals surface area contributed by atoms with E-state index in [1.807, 2.05) is 0 Å². The van der Waals surface area contributed by atoms with E-state index < -0.39 is 5.82 Å². The molecule has 0 atom stereocenters. The highest BCUT2D eigenvalue weighted by atomic mass is 35.5. The Balaban J connectivity index is 2.19. The fraction of sp³-hybridized carbons (Fsp3) is 0. The predicted molar refractivity (Wildman–Crippen MR) is 68.1 cm³/mol. The molecule has 0 bridgehead atoms. The molecule has 0 fully saturated rings. The van der Waals surface area contributed by atoms with Crippen molar-refractivity contribution in [3.05, 3.63) is 45.4 Å². The van der Waals surface area contributed by atoms with Gasteiger partial charge in [-0.25, -0.2) is 4.39 Å². The molecule has 2 rings (SSSR count). The first-order valence-corrected chi connectivity index (χ1v) is 5.93. The topological polar surface area (TPSA) is 55.1 Å². The third kappa shape index (κ3) is 2.57. The lowest BCUT2D eigenvalue weighted by Crippen LogP contribution is -2.11. The van der Waals surface area contributed by atoms with Crippen LogP contribution in [0.1, 0.15) is 9.67 Å². The second-order valence-electron chi connectivity index (χ2n) is 3.29. The van der Waals surface area contributed by atoms with Crippen LogP contribution in [0.4, 0.5) is 15.8 Å². The van der Waals surface area contributed by atoms with E-state index >= 15 is 0 Å². The van der Waals surface area contributed by atoms with E-state index in [-0.39, 0.29) is 10.9 Å². The van der Waals surface area contributed by atoms with Crippen molar-refractivity contribution in [3.8, 4) is 0 Å². The number of thiophene rings is 1. The Morgan fingerprint density at radius 2 is 2.18 bits per heavy atom. The number of hydrogen-bond acceptors (Lipinski definition) is 3. The zero-order valence-electron chi connectivity index (χ0n) is 8.54. The van der Waals surface area contributed by atoms with Crippen LogP contribution in [-0.4, -0.2) is 5.91 Å². The molecule has 1 amide bonds. The van der Waals surface area contributed by atoms with Gasteiger partial charge in [-0.05, 0) is 29.6 Å². The number of carbonyl (C=O) groups excluding carboxylic acids is 1. The van der Waals surface area contributed by atoms with Crippen molar-refractivity contribution in [1.29, 1.82) is 0 Å². The third-order valence-electron chi connectivity index (χ3n) is 2.08. The number of anilines is 2. The summed E-state index contributed by atoms with van der Waals surface area (Å²) in [7, 11) is 0. The highest BCUT2D eigenvalue weighted by molar-refractivity contribution is 7.12. The summed E-state index contributed by atoms with van der Waals surface area (Å²) in [6.45, 7) is 0. The molecule has 0 aliphatic heterocycles. The molecular formula is C11H8ClFN2OS. The Hall–Kier alpha value is -1.59. The van der Waals surface area contributed by atoms with Gasteiger partial charge >= 0.3 is 0 Å². The van der Waals surface area contributed by atoms with Gasteiger partial charge in [0.2, 0.25) is 0 Å². The van der Waals surface area contributed by atoms with Gasteiger partial charge in [-0.2, -0.15) is 0 Å². The number of hydrogen-bond donors (Lipinski definition) is 2. The first-order chi connectivity index (χ1) is 8.08. The molecular weight excluding hydrogens is 263 g/mol. The summed E-state index contributed by atoms with van der Waals surface area (Å²) in [6.07, 6.45) is 0. The zero-order chi connectivity index (χ0) is 12.4. The van der Waals surface area contributed by atoms with Crippen molar-refractivity contribution in [3.63, 3.8) is 0 Å². The van der Waals surface area contributed by atoms with E-state index in [4.69, 9.17) is 17.3 Å². The smallest absolute Gasteiger partial charge is 0.267 e. The fourth-order valence-electron chi connectivity index (χ4n) is 1.27. The zero-order valence-corrected chi connectivity index (χ0v) is 10.1. The van der Waals surface area contributed by atoms with Gasteiger partial charge in [0, 0.05) is 5.69 Å². The van der Waals surface area contributed by atoms with Crippen LogP contribution in [0, 0.1) is 5.82 Å². The average molecular weight is 271 g/mol. The molecule has 3 nitrogen and oxygen atoms in total. The Kier molecular flexibility index (Phi) is 3.31. The van der Waals surface area contributed by atoms with Crippen LogP contribution in [-0.2, 0) is 0 Å². The Morgan fingerprint density at radius 1 is 1.41 bits per heavy atom. The Bertz CT molecular complexity index is 570. The summed E-state index contributed by atoms with van der Waals surface area (Å²) in [5, 5.41) is 4.27. The van der Waals surface area contributed by atoms with Crippen molar-refractivity contribution in [2.24, 2.45) is 0 Å². The van der Waals surface area contributed by atoms with Crippen molar-refractivity contribution < 1.29 is 9.18 Å². The highest BCUT2D eigenvalue weighted by Gasteiger charge is 2.12. The molecule has 0 spiro atoms. The van der Waals surface area contributed by atoms with Crippen LogP contribution in [0.15, 0.2) is 29.6 Å². The molecule has 17 heavy (non-hydrogen) atoms. The molecule has 0 aliphatic rings. The van der Waals surface area contributed by atoms with E-state index in [9.17, 15) is 9.18 Å². The summed E-state index contributed by atoms with van der Waals surface area (Å²) < 4.78 is 13.1. The molecule has 6 heteroatoms. The summed E-state index contributed by atoms with van der Waals surface area (Å²) in [6, 6.07) is 5.70. The molecule has 1 heterocycles. The minimum absolute atomic E-state index is 0.0126. The molecule has 2 aromatic rings. The van der Waals surface area contributed by atoms with Gasteiger partial charge in [0.25, 0.3) is 5.91 Å². The van der Waals surface area contributed by atoms with E-state index in [0.717, 1.165) is 6.07 Å². The number of nitrogens with two attached hydrogens (primary N) is 1.